The molecule has 3 N–H and O–H groups in total. The largest absolute Gasteiger partial charge is 0.435 e. The minimum absolute atomic E-state index is 0. The van der Waals surface area contributed by atoms with E-state index in [1.807, 2.05) is 19.1 Å². The first-order chi connectivity index (χ1) is 15.6. The number of para-hydroxylation sites is 1. The van der Waals surface area contributed by atoms with Crippen LogP contribution in [0.5, 0.6) is 5.75 Å². The van der Waals surface area contributed by atoms with Crippen LogP contribution in [0.3, 0.4) is 0 Å². The molecule has 33 heavy (non-hydrogen) atoms. The summed E-state index contributed by atoms with van der Waals surface area (Å²) in [6.07, 6.45) is -0.833. The smallest absolute Gasteiger partial charge is 0.387 e. The molecule has 3 rings (SSSR count). The second-order valence-electron chi connectivity index (χ2n) is 7.27. The molecule has 0 spiro atoms. The lowest BCUT2D eigenvalue weighted by molar-refractivity contribution is -0.0498. The topological polar surface area (TPSA) is 78.4 Å². The summed E-state index contributed by atoms with van der Waals surface area (Å²) in [5.74, 6) is 0.638. The number of nitrogens with zero attached hydrogens (tertiary/aromatic N) is 2. The summed E-state index contributed by atoms with van der Waals surface area (Å²) in [5, 5.41) is 16.8. The van der Waals surface area contributed by atoms with Gasteiger partial charge < -0.3 is 30.1 Å². The number of aliphatic hydroxyl groups is 1. The van der Waals surface area contributed by atoms with E-state index in [9.17, 15) is 13.9 Å². The van der Waals surface area contributed by atoms with Crippen molar-refractivity contribution in [1.29, 1.82) is 0 Å². The summed E-state index contributed by atoms with van der Waals surface area (Å²) < 4.78 is 34.3. The summed E-state index contributed by atoms with van der Waals surface area (Å²) >= 11 is 0. The van der Waals surface area contributed by atoms with Gasteiger partial charge in [-0.25, -0.2) is 4.99 Å². The van der Waals surface area contributed by atoms with Crippen LogP contribution in [0.15, 0.2) is 53.5 Å². The predicted octanol–water partition coefficient (Wildman–Crippen LogP) is 3.53. The van der Waals surface area contributed by atoms with E-state index in [-0.39, 0.29) is 36.3 Å². The third-order valence-electron chi connectivity index (χ3n) is 5.05. The number of alkyl halides is 2. The van der Waals surface area contributed by atoms with Crippen LogP contribution in [-0.4, -0.2) is 57.1 Å². The quantitative estimate of drug-likeness (QED) is 0.241. The van der Waals surface area contributed by atoms with Crippen LogP contribution in [0.25, 0.3) is 0 Å². The van der Waals surface area contributed by atoms with Gasteiger partial charge in [-0.05, 0) is 36.2 Å². The number of benzene rings is 2. The zero-order valence-corrected chi connectivity index (χ0v) is 20.9. The zero-order chi connectivity index (χ0) is 22.8. The molecule has 182 valence electrons. The second-order valence-corrected chi connectivity index (χ2v) is 7.27. The third-order valence-corrected chi connectivity index (χ3v) is 5.05. The summed E-state index contributed by atoms with van der Waals surface area (Å²) in [6.45, 7) is 3.61. The highest BCUT2D eigenvalue weighted by Crippen LogP contribution is 2.22. The van der Waals surface area contributed by atoms with Crippen molar-refractivity contribution in [2.24, 2.45) is 4.99 Å². The van der Waals surface area contributed by atoms with Crippen molar-refractivity contribution < 1.29 is 23.4 Å². The molecular formula is C23H31F2IN4O3. The first kappa shape index (κ1) is 27.1. The first-order valence-corrected chi connectivity index (χ1v) is 10.7. The number of morpholine rings is 1. The molecule has 0 aromatic heterocycles. The van der Waals surface area contributed by atoms with Gasteiger partial charge in [-0.2, -0.15) is 8.78 Å². The predicted molar refractivity (Wildman–Crippen MR) is 136 cm³/mol. The molecule has 10 heteroatoms. The van der Waals surface area contributed by atoms with Crippen LogP contribution >= 0.6 is 24.0 Å². The van der Waals surface area contributed by atoms with Crippen molar-refractivity contribution in [3.05, 3.63) is 59.7 Å². The maximum Gasteiger partial charge on any atom is 0.387 e. The van der Waals surface area contributed by atoms with Gasteiger partial charge in [0.1, 0.15) is 5.75 Å². The van der Waals surface area contributed by atoms with Crippen LogP contribution < -0.4 is 20.3 Å². The molecule has 0 bridgehead atoms. The number of hydrogen-bond acceptors (Lipinski definition) is 5. The van der Waals surface area contributed by atoms with Gasteiger partial charge in [0.15, 0.2) is 5.96 Å². The van der Waals surface area contributed by atoms with Gasteiger partial charge in [0.05, 0.1) is 25.9 Å². The SMILES string of the molecule is CCNC(=NCc1ccccc1N1CCOCC1)NCC(O)c1ccc(OC(F)F)cc1.I. The highest BCUT2D eigenvalue weighted by Gasteiger charge is 2.15. The summed E-state index contributed by atoms with van der Waals surface area (Å²) in [4.78, 5) is 6.98. The van der Waals surface area contributed by atoms with E-state index in [2.05, 4.69) is 37.4 Å². The van der Waals surface area contributed by atoms with Gasteiger partial charge in [-0.15, -0.1) is 24.0 Å². The minimum Gasteiger partial charge on any atom is -0.435 e. The van der Waals surface area contributed by atoms with E-state index in [0.29, 0.717) is 24.6 Å². The highest BCUT2D eigenvalue weighted by atomic mass is 127. The molecule has 0 aliphatic carbocycles. The number of aliphatic hydroxyl groups excluding tert-OH is 1. The number of nitrogens with one attached hydrogen (secondary N) is 2. The first-order valence-electron chi connectivity index (χ1n) is 10.7. The van der Waals surface area contributed by atoms with Crippen LogP contribution in [0, 0.1) is 0 Å². The van der Waals surface area contributed by atoms with Crippen LogP contribution in [0.2, 0.25) is 0 Å². The Morgan fingerprint density at radius 3 is 2.48 bits per heavy atom. The number of guanidine groups is 1. The molecule has 2 aromatic carbocycles. The van der Waals surface area contributed by atoms with E-state index in [1.54, 1.807) is 12.1 Å². The van der Waals surface area contributed by atoms with Gasteiger partial charge >= 0.3 is 6.61 Å². The number of anilines is 1. The van der Waals surface area contributed by atoms with Gasteiger partial charge in [0, 0.05) is 31.9 Å². The average molecular weight is 576 g/mol. The Morgan fingerprint density at radius 1 is 1.12 bits per heavy atom. The highest BCUT2D eigenvalue weighted by molar-refractivity contribution is 14.0. The molecule has 1 unspecified atom stereocenters. The van der Waals surface area contributed by atoms with Crippen LogP contribution in [0.1, 0.15) is 24.2 Å². The Bertz CT molecular complexity index is 865. The van der Waals surface area contributed by atoms with Crippen LogP contribution in [-0.2, 0) is 11.3 Å². The Morgan fingerprint density at radius 2 is 1.82 bits per heavy atom. The van der Waals surface area contributed by atoms with E-state index in [4.69, 9.17) is 4.74 Å². The lowest BCUT2D eigenvalue weighted by atomic mass is 10.1. The van der Waals surface area contributed by atoms with E-state index in [1.165, 1.54) is 12.1 Å². The number of halogens is 3. The molecule has 1 atom stereocenters. The van der Waals surface area contributed by atoms with Crippen molar-refractivity contribution in [3.8, 4) is 5.75 Å². The molecule has 1 saturated heterocycles. The molecule has 2 aromatic rings. The van der Waals surface area contributed by atoms with Crippen LogP contribution in [0.4, 0.5) is 14.5 Å². The third kappa shape index (κ3) is 8.59. The molecular weight excluding hydrogens is 545 g/mol. The van der Waals surface area contributed by atoms with Crippen molar-refractivity contribution >= 4 is 35.6 Å². The summed E-state index contributed by atoms with van der Waals surface area (Å²) in [7, 11) is 0. The molecule has 7 nitrogen and oxygen atoms in total. The van der Waals surface area contributed by atoms with E-state index in [0.717, 1.165) is 37.6 Å². The maximum atomic E-state index is 12.3. The fourth-order valence-electron chi connectivity index (χ4n) is 3.45. The fraction of sp³-hybridized carbons (Fsp3) is 0.435. The van der Waals surface area contributed by atoms with Gasteiger partial charge in [0.2, 0.25) is 0 Å². The van der Waals surface area contributed by atoms with Gasteiger partial charge in [-0.3, -0.25) is 0 Å². The fourth-order valence-corrected chi connectivity index (χ4v) is 3.45. The van der Waals surface area contributed by atoms with Crippen molar-refractivity contribution in [1.82, 2.24) is 10.6 Å². The number of hydrogen-bond donors (Lipinski definition) is 3. The number of ether oxygens (including phenoxy) is 2. The van der Waals surface area contributed by atoms with Crippen molar-refractivity contribution in [2.45, 2.75) is 26.2 Å². The van der Waals surface area contributed by atoms with Crippen molar-refractivity contribution in [2.75, 3.05) is 44.3 Å². The number of aliphatic imine (C=N–C) groups is 1. The average Bonchev–Trinajstić information content (AvgIpc) is 2.81. The Hall–Kier alpha value is -2.18. The molecule has 1 aliphatic heterocycles. The summed E-state index contributed by atoms with van der Waals surface area (Å²) in [5.41, 5.74) is 2.86. The Kier molecular flexibility index (Phi) is 11.6. The maximum absolute atomic E-state index is 12.3. The standard InChI is InChI=1S/C23H30F2N4O3.HI/c1-2-26-23(28-16-21(30)17-7-9-19(10-8-17)32-22(24)25)27-15-18-5-3-4-6-20(18)29-11-13-31-14-12-29;/h3-10,21-22,30H,2,11-16H2,1H3,(H2,26,27,28);1H. The number of rotatable bonds is 9. The van der Waals surface area contributed by atoms with E-state index >= 15 is 0 Å². The van der Waals surface area contributed by atoms with Crippen molar-refractivity contribution in [3.63, 3.8) is 0 Å². The Labute approximate surface area is 210 Å². The molecule has 1 fully saturated rings. The minimum atomic E-state index is -2.88. The summed E-state index contributed by atoms with van der Waals surface area (Å²) in [6, 6.07) is 14.1. The monoisotopic (exact) mass is 576 g/mol. The molecule has 1 aliphatic rings. The van der Waals surface area contributed by atoms with Gasteiger partial charge in [-0.1, -0.05) is 30.3 Å². The lowest BCUT2D eigenvalue weighted by Gasteiger charge is -2.30. The zero-order valence-electron chi connectivity index (χ0n) is 18.5. The molecule has 0 radical (unpaired) electrons. The van der Waals surface area contributed by atoms with E-state index < -0.39 is 12.7 Å². The molecule has 0 amide bonds. The normalized spacial score (nSPS) is 15.1. The molecule has 1 heterocycles. The Balaban J connectivity index is 0.00000385. The molecule has 0 saturated carbocycles. The second kappa shape index (κ2) is 14.2. The van der Waals surface area contributed by atoms with Gasteiger partial charge in [0.25, 0.3) is 0 Å². The lowest BCUT2D eigenvalue weighted by Crippen LogP contribution is -2.39.